The van der Waals surface area contributed by atoms with Crippen molar-refractivity contribution in [2.24, 2.45) is 0 Å². The number of hydrogen-bond acceptors (Lipinski definition) is 7. The molecule has 2 N–H and O–H groups in total. The molecular formula is C17H14N4O2S3. The van der Waals surface area contributed by atoms with Gasteiger partial charge in [0.2, 0.25) is 5.91 Å². The number of thioether (sulfide) groups is 2. The largest absolute Gasteiger partial charge is 0.301 e. The Labute approximate surface area is 161 Å². The minimum Gasteiger partial charge on any atom is -0.301 e. The van der Waals surface area contributed by atoms with Crippen LogP contribution in [-0.2, 0) is 16.3 Å². The topological polar surface area (TPSA) is 87.7 Å². The van der Waals surface area contributed by atoms with Crippen molar-refractivity contribution in [3.8, 4) is 11.3 Å². The van der Waals surface area contributed by atoms with Crippen molar-refractivity contribution < 1.29 is 4.79 Å². The van der Waals surface area contributed by atoms with E-state index in [1.54, 1.807) is 11.8 Å². The van der Waals surface area contributed by atoms with Gasteiger partial charge >= 0.3 is 0 Å². The third kappa shape index (κ3) is 3.84. The van der Waals surface area contributed by atoms with E-state index in [1.807, 2.05) is 35.7 Å². The third-order valence-corrected chi connectivity index (χ3v) is 6.33. The van der Waals surface area contributed by atoms with E-state index in [-0.39, 0.29) is 17.2 Å². The summed E-state index contributed by atoms with van der Waals surface area (Å²) >= 11 is 4.28. The van der Waals surface area contributed by atoms with Gasteiger partial charge in [-0.2, -0.15) is 11.8 Å². The van der Waals surface area contributed by atoms with Crippen LogP contribution in [0.15, 0.2) is 45.7 Å². The molecule has 0 fully saturated rings. The molecule has 1 aliphatic rings. The number of H-pyrrole nitrogens is 1. The van der Waals surface area contributed by atoms with Crippen LogP contribution in [0.1, 0.15) is 11.3 Å². The summed E-state index contributed by atoms with van der Waals surface area (Å²) in [6, 6.07) is 9.81. The van der Waals surface area contributed by atoms with Crippen molar-refractivity contribution in [1.82, 2.24) is 15.0 Å². The molecule has 0 bridgehead atoms. The Balaban J connectivity index is 1.37. The van der Waals surface area contributed by atoms with Crippen molar-refractivity contribution >= 4 is 45.9 Å². The number of hydrogen-bond donors (Lipinski definition) is 2. The van der Waals surface area contributed by atoms with Gasteiger partial charge in [0.05, 0.1) is 17.1 Å². The van der Waals surface area contributed by atoms with E-state index in [0.717, 1.165) is 28.3 Å². The number of benzene rings is 1. The molecule has 26 heavy (non-hydrogen) atoms. The van der Waals surface area contributed by atoms with Crippen molar-refractivity contribution in [1.29, 1.82) is 0 Å². The quantitative estimate of drug-likeness (QED) is 0.503. The number of fused-ring (bicyclic) bond motifs is 1. The fraction of sp³-hybridized carbons (Fsp3) is 0.176. The number of aromatic nitrogens is 3. The summed E-state index contributed by atoms with van der Waals surface area (Å²) in [6.45, 7) is 0. The van der Waals surface area contributed by atoms with Gasteiger partial charge in [0, 0.05) is 28.0 Å². The first-order valence-electron chi connectivity index (χ1n) is 7.82. The summed E-state index contributed by atoms with van der Waals surface area (Å²) in [5, 5.41) is 5.74. The highest BCUT2D eigenvalue weighted by molar-refractivity contribution is 7.99. The molecule has 6 nitrogen and oxygen atoms in total. The van der Waals surface area contributed by atoms with Crippen molar-refractivity contribution in [3.63, 3.8) is 0 Å². The average Bonchev–Trinajstić information content (AvgIpc) is 3.30. The lowest BCUT2D eigenvalue weighted by Crippen LogP contribution is -2.17. The van der Waals surface area contributed by atoms with Crippen LogP contribution in [0.25, 0.3) is 11.3 Å². The van der Waals surface area contributed by atoms with Gasteiger partial charge in [-0.05, 0) is 0 Å². The van der Waals surface area contributed by atoms with Crippen LogP contribution in [0.2, 0.25) is 0 Å². The molecule has 3 aromatic rings. The van der Waals surface area contributed by atoms with Gasteiger partial charge in [-0.25, -0.2) is 9.97 Å². The van der Waals surface area contributed by atoms with Crippen LogP contribution in [0.5, 0.6) is 0 Å². The monoisotopic (exact) mass is 402 g/mol. The first-order chi connectivity index (χ1) is 12.7. The second-order valence-corrected chi connectivity index (χ2v) is 8.34. The number of anilines is 1. The van der Waals surface area contributed by atoms with Crippen LogP contribution in [0, 0.1) is 0 Å². The van der Waals surface area contributed by atoms with Crippen LogP contribution in [0.3, 0.4) is 0 Å². The van der Waals surface area contributed by atoms with E-state index in [4.69, 9.17) is 0 Å². The smallest absolute Gasteiger partial charge is 0.255 e. The number of carbonyl (C=O) groups is 1. The first-order valence-corrected chi connectivity index (χ1v) is 10.8. The lowest BCUT2D eigenvalue weighted by Gasteiger charge is -2.03. The van der Waals surface area contributed by atoms with Crippen molar-refractivity contribution in [3.05, 3.63) is 57.3 Å². The van der Waals surface area contributed by atoms with Gasteiger partial charge in [0.25, 0.3) is 5.56 Å². The standard InChI is InChI=1S/C17H14N4O2S3/c22-14(9-26-17-19-13-7-24-6-11(13)15(23)21-17)20-16-18-12(8-25-16)10-4-2-1-3-5-10/h1-5,8H,6-7,9H2,(H,18,20,22)(H,19,21,23). The number of amides is 1. The fourth-order valence-corrected chi connectivity index (χ4v) is 4.92. The molecule has 0 spiro atoms. The second kappa shape index (κ2) is 7.65. The molecule has 0 aliphatic carbocycles. The van der Waals surface area contributed by atoms with Gasteiger partial charge in [0.15, 0.2) is 10.3 Å². The van der Waals surface area contributed by atoms with Gasteiger partial charge < -0.3 is 10.3 Å². The Kier molecular flexibility index (Phi) is 5.09. The zero-order valence-corrected chi connectivity index (χ0v) is 16.0. The van der Waals surface area contributed by atoms with Crippen LogP contribution in [0.4, 0.5) is 5.13 Å². The molecule has 4 rings (SSSR count). The Morgan fingerprint density at radius 3 is 2.92 bits per heavy atom. The number of nitrogens with one attached hydrogen (secondary N) is 2. The molecule has 0 saturated carbocycles. The summed E-state index contributed by atoms with van der Waals surface area (Å²) in [7, 11) is 0. The van der Waals surface area contributed by atoms with E-state index in [1.165, 1.54) is 23.1 Å². The second-order valence-electron chi connectivity index (χ2n) is 5.53. The molecule has 1 aromatic carbocycles. The summed E-state index contributed by atoms with van der Waals surface area (Å²) in [5.41, 5.74) is 3.32. The molecule has 3 heterocycles. The number of nitrogens with zero attached hydrogens (tertiary/aromatic N) is 2. The number of carbonyl (C=O) groups excluding carboxylic acids is 1. The highest BCUT2D eigenvalue weighted by Crippen LogP contribution is 2.27. The third-order valence-electron chi connectivity index (χ3n) is 3.72. The van der Waals surface area contributed by atoms with Crippen LogP contribution < -0.4 is 10.9 Å². The Morgan fingerprint density at radius 1 is 1.23 bits per heavy atom. The average molecular weight is 403 g/mol. The predicted molar refractivity (Wildman–Crippen MR) is 107 cm³/mol. The summed E-state index contributed by atoms with van der Waals surface area (Å²) in [4.78, 5) is 35.7. The van der Waals surface area contributed by atoms with E-state index in [0.29, 0.717) is 16.0 Å². The summed E-state index contributed by atoms with van der Waals surface area (Å²) < 4.78 is 0. The fourth-order valence-electron chi connectivity index (χ4n) is 2.47. The Morgan fingerprint density at radius 2 is 2.08 bits per heavy atom. The van der Waals surface area contributed by atoms with E-state index < -0.39 is 0 Å². The molecule has 0 radical (unpaired) electrons. The normalized spacial score (nSPS) is 12.8. The maximum atomic E-state index is 12.2. The molecule has 1 amide bonds. The first kappa shape index (κ1) is 17.3. The zero-order chi connectivity index (χ0) is 17.9. The molecule has 132 valence electrons. The molecule has 1 aliphatic heterocycles. The SMILES string of the molecule is O=C(CSc1nc2c(c(=O)[nH]1)CSC2)Nc1nc(-c2ccccc2)cs1. The molecule has 0 atom stereocenters. The van der Waals surface area contributed by atoms with Crippen molar-refractivity contribution in [2.45, 2.75) is 16.7 Å². The minimum atomic E-state index is -0.179. The lowest BCUT2D eigenvalue weighted by molar-refractivity contribution is -0.113. The van der Waals surface area contributed by atoms with E-state index in [2.05, 4.69) is 20.3 Å². The highest BCUT2D eigenvalue weighted by atomic mass is 32.2. The zero-order valence-electron chi connectivity index (χ0n) is 13.5. The Bertz CT molecular complexity index is 1000. The molecule has 0 unspecified atom stereocenters. The molecular weight excluding hydrogens is 388 g/mol. The van der Waals surface area contributed by atoms with Gasteiger partial charge in [-0.15, -0.1) is 11.3 Å². The lowest BCUT2D eigenvalue weighted by atomic mass is 10.2. The summed E-state index contributed by atoms with van der Waals surface area (Å²) in [5.74, 6) is 1.44. The van der Waals surface area contributed by atoms with Gasteiger partial charge in [-0.1, -0.05) is 42.1 Å². The van der Waals surface area contributed by atoms with E-state index in [9.17, 15) is 9.59 Å². The molecule has 0 saturated heterocycles. The maximum Gasteiger partial charge on any atom is 0.255 e. The van der Waals surface area contributed by atoms with Gasteiger partial charge in [-0.3, -0.25) is 9.59 Å². The number of thiazole rings is 1. The number of rotatable bonds is 5. The number of aromatic amines is 1. The minimum absolute atomic E-state index is 0.102. The Hall–Kier alpha value is -2.10. The van der Waals surface area contributed by atoms with E-state index >= 15 is 0 Å². The van der Waals surface area contributed by atoms with Crippen LogP contribution in [-0.4, -0.2) is 26.6 Å². The molecule has 9 heteroatoms. The summed E-state index contributed by atoms with van der Waals surface area (Å²) in [6.07, 6.45) is 0. The predicted octanol–water partition coefficient (Wildman–Crippen LogP) is 3.37. The molecule has 2 aromatic heterocycles. The highest BCUT2D eigenvalue weighted by Gasteiger charge is 2.18. The van der Waals surface area contributed by atoms with Crippen LogP contribution >= 0.6 is 34.9 Å². The maximum absolute atomic E-state index is 12.2. The van der Waals surface area contributed by atoms with Crippen molar-refractivity contribution in [2.75, 3.05) is 11.1 Å². The van der Waals surface area contributed by atoms with Gasteiger partial charge in [0.1, 0.15) is 0 Å².